The summed E-state index contributed by atoms with van der Waals surface area (Å²) in [5.41, 5.74) is 12.8. The zero-order valence-corrected chi connectivity index (χ0v) is 31.1. The van der Waals surface area contributed by atoms with Crippen molar-refractivity contribution in [3.8, 4) is 0 Å². The first-order valence-electron chi connectivity index (χ1n) is 14.1. The molecule has 0 unspecified atom stereocenters. The molecule has 44 heavy (non-hydrogen) atoms. The minimum absolute atomic E-state index is 0. The van der Waals surface area contributed by atoms with Crippen molar-refractivity contribution in [2.75, 3.05) is 6.54 Å². The maximum Gasteiger partial charge on any atom is 0.251 e. The van der Waals surface area contributed by atoms with Gasteiger partial charge in [0.05, 0.1) is 12.1 Å². The van der Waals surface area contributed by atoms with Crippen LogP contribution in [-0.4, -0.2) is 54.1 Å². The maximum atomic E-state index is 12.9. The molecule has 4 amide bonds. The predicted molar refractivity (Wildman–Crippen MR) is 198 cm³/mol. The molecule has 0 radical (unpaired) electrons. The molecule has 0 fully saturated rings. The van der Waals surface area contributed by atoms with Crippen molar-refractivity contribution in [2.24, 2.45) is 23.3 Å². The Balaban J connectivity index is -0.00000200. The monoisotopic (exact) mass is 695 g/mol. The van der Waals surface area contributed by atoms with Crippen molar-refractivity contribution >= 4 is 83.4 Å². The number of nitrogens with two attached hydrogens (primary N) is 2. The molecule has 10 nitrogen and oxygen atoms in total. The smallest absolute Gasteiger partial charge is 0.251 e. The van der Waals surface area contributed by atoms with Crippen molar-refractivity contribution in [3.63, 3.8) is 0 Å². The first kappa shape index (κ1) is 49.0. The van der Waals surface area contributed by atoms with Gasteiger partial charge in [0.25, 0.3) is 5.91 Å². The lowest BCUT2D eigenvalue weighted by molar-refractivity contribution is -0.133. The molecular formula is C30H57N5O5S4. The van der Waals surface area contributed by atoms with Crippen LogP contribution in [0.25, 0.3) is 0 Å². The fourth-order valence-corrected chi connectivity index (χ4v) is 4.08. The van der Waals surface area contributed by atoms with E-state index < -0.39 is 41.8 Å². The maximum absolute atomic E-state index is 12.9. The predicted octanol–water partition coefficient (Wildman–Crippen LogP) is 2.78. The SMILES string of the molecule is CC(C)C[C@H](NC(=O)[C@H](C)N)C(=O)C[C@@H](C)C(=O)N[C@@H](CCCCNC(=O)c1ccc(C(C)(C)C)cc1)C(N)=O.S.S.S.S. The van der Waals surface area contributed by atoms with Crippen LogP contribution in [0.2, 0.25) is 0 Å². The molecule has 0 bridgehead atoms. The van der Waals surface area contributed by atoms with Gasteiger partial charge in [-0.25, -0.2) is 0 Å². The van der Waals surface area contributed by atoms with E-state index >= 15 is 0 Å². The van der Waals surface area contributed by atoms with Gasteiger partial charge in [-0.1, -0.05) is 53.7 Å². The molecule has 0 aromatic heterocycles. The summed E-state index contributed by atoms with van der Waals surface area (Å²) in [6.07, 6.45) is 1.77. The van der Waals surface area contributed by atoms with Gasteiger partial charge in [0.2, 0.25) is 17.7 Å². The number of rotatable bonds is 16. The summed E-state index contributed by atoms with van der Waals surface area (Å²) in [7, 11) is 0. The summed E-state index contributed by atoms with van der Waals surface area (Å²) in [6, 6.07) is 5.11. The van der Waals surface area contributed by atoms with E-state index in [1.54, 1.807) is 19.1 Å². The molecule has 0 aliphatic carbocycles. The highest BCUT2D eigenvalue weighted by Crippen LogP contribution is 2.22. The molecule has 1 aromatic rings. The van der Waals surface area contributed by atoms with Gasteiger partial charge >= 0.3 is 0 Å². The number of carbonyl (C=O) groups excluding carboxylic acids is 5. The van der Waals surface area contributed by atoms with Crippen LogP contribution in [0, 0.1) is 11.8 Å². The number of hydrogen-bond acceptors (Lipinski definition) is 6. The molecule has 256 valence electrons. The van der Waals surface area contributed by atoms with Crippen molar-refractivity contribution in [1.82, 2.24) is 16.0 Å². The molecule has 0 spiro atoms. The summed E-state index contributed by atoms with van der Waals surface area (Å²) in [5, 5.41) is 8.18. The van der Waals surface area contributed by atoms with Gasteiger partial charge in [-0.05, 0) is 61.6 Å². The van der Waals surface area contributed by atoms with Gasteiger partial charge in [-0.2, -0.15) is 54.0 Å². The zero-order chi connectivity index (χ0) is 30.6. The Hall–Kier alpha value is -1.87. The van der Waals surface area contributed by atoms with E-state index in [0.717, 1.165) is 5.56 Å². The normalized spacial score (nSPS) is 13.2. The second kappa shape index (κ2) is 23.5. The summed E-state index contributed by atoms with van der Waals surface area (Å²) in [5.74, 6) is -2.59. The van der Waals surface area contributed by atoms with Gasteiger partial charge < -0.3 is 27.4 Å². The lowest BCUT2D eigenvalue weighted by Gasteiger charge is -2.23. The highest BCUT2D eigenvalue weighted by molar-refractivity contribution is 7.59. The largest absolute Gasteiger partial charge is 0.368 e. The van der Waals surface area contributed by atoms with Crippen LogP contribution in [-0.2, 0) is 24.6 Å². The Kier molecular flexibility index (Phi) is 26.1. The van der Waals surface area contributed by atoms with Gasteiger partial charge in [-0.15, -0.1) is 0 Å². The standard InChI is InChI=1S/C30H49N5O5.4H2S/c1-18(2)16-24(35-28(39)20(4)31)25(36)17-19(3)27(38)34-23(26(32)37)10-8-9-15-33-29(40)21-11-13-22(14-12-21)30(5,6)7;;;;/h11-14,18-20,23-24H,8-10,15-17,31H2,1-7H3,(H2,32,37)(H,33,40)(H,34,38)(H,35,39);4*1H2/t19-,20+,23+,24+;;;;/m1..../s1. The molecular weight excluding hydrogens is 639 g/mol. The number of amides is 4. The third kappa shape index (κ3) is 18.2. The van der Waals surface area contributed by atoms with Crippen LogP contribution in [0.3, 0.4) is 0 Å². The van der Waals surface area contributed by atoms with E-state index in [-0.39, 0.29) is 83.4 Å². The Morgan fingerprint density at radius 1 is 0.795 bits per heavy atom. The highest BCUT2D eigenvalue weighted by Gasteiger charge is 2.28. The molecule has 0 aliphatic rings. The van der Waals surface area contributed by atoms with E-state index in [9.17, 15) is 24.0 Å². The molecule has 14 heteroatoms. The number of unbranched alkanes of at least 4 members (excludes halogenated alkanes) is 1. The van der Waals surface area contributed by atoms with Gasteiger partial charge in [-0.3, -0.25) is 24.0 Å². The average molecular weight is 696 g/mol. The highest BCUT2D eigenvalue weighted by atomic mass is 32.1. The Labute approximate surface area is 291 Å². The third-order valence-electron chi connectivity index (χ3n) is 6.66. The van der Waals surface area contributed by atoms with E-state index in [4.69, 9.17) is 11.5 Å². The van der Waals surface area contributed by atoms with Crippen LogP contribution in [0.4, 0.5) is 0 Å². The fourth-order valence-electron chi connectivity index (χ4n) is 4.08. The molecule has 0 saturated carbocycles. The average Bonchev–Trinajstić information content (AvgIpc) is 2.85. The Morgan fingerprint density at radius 2 is 1.32 bits per heavy atom. The van der Waals surface area contributed by atoms with E-state index in [1.165, 1.54) is 6.92 Å². The second-order valence-electron chi connectivity index (χ2n) is 12.1. The molecule has 1 aromatic carbocycles. The van der Waals surface area contributed by atoms with Crippen molar-refractivity contribution in [3.05, 3.63) is 35.4 Å². The molecule has 7 N–H and O–H groups in total. The third-order valence-corrected chi connectivity index (χ3v) is 6.66. The zero-order valence-electron chi connectivity index (χ0n) is 27.1. The summed E-state index contributed by atoms with van der Waals surface area (Å²) < 4.78 is 0. The summed E-state index contributed by atoms with van der Waals surface area (Å²) in [4.78, 5) is 62.0. The van der Waals surface area contributed by atoms with Crippen molar-refractivity contribution in [2.45, 2.75) is 104 Å². The minimum atomic E-state index is -0.894. The summed E-state index contributed by atoms with van der Waals surface area (Å²) >= 11 is 0. The number of ketones is 1. The van der Waals surface area contributed by atoms with Crippen molar-refractivity contribution < 1.29 is 24.0 Å². The van der Waals surface area contributed by atoms with Crippen LogP contribution >= 0.6 is 54.0 Å². The topological polar surface area (TPSA) is 173 Å². The minimum Gasteiger partial charge on any atom is -0.368 e. The first-order chi connectivity index (χ1) is 18.5. The number of Topliss-reactive ketones (excluding diaryl/α,β-unsaturated/α-hetero) is 1. The number of primary amides is 1. The number of hydrogen-bond donors (Lipinski definition) is 5. The van der Waals surface area contributed by atoms with E-state index in [1.807, 2.05) is 26.0 Å². The van der Waals surface area contributed by atoms with Crippen LogP contribution < -0.4 is 27.4 Å². The van der Waals surface area contributed by atoms with E-state index in [0.29, 0.717) is 37.8 Å². The first-order valence-corrected chi connectivity index (χ1v) is 14.1. The number of nitrogens with one attached hydrogen (secondary N) is 3. The fraction of sp³-hybridized carbons (Fsp3) is 0.633. The molecule has 0 saturated heterocycles. The van der Waals surface area contributed by atoms with Crippen LogP contribution in [0.5, 0.6) is 0 Å². The Bertz CT molecular complexity index is 1030. The quantitative estimate of drug-likeness (QED) is 0.166. The molecule has 1 rings (SSSR count). The van der Waals surface area contributed by atoms with Crippen LogP contribution in [0.15, 0.2) is 24.3 Å². The molecule has 4 atom stereocenters. The summed E-state index contributed by atoms with van der Waals surface area (Å²) in [6.45, 7) is 13.7. The van der Waals surface area contributed by atoms with Crippen LogP contribution in [0.1, 0.15) is 96.5 Å². The molecule has 0 heterocycles. The second-order valence-corrected chi connectivity index (χ2v) is 12.1. The Morgan fingerprint density at radius 3 is 1.77 bits per heavy atom. The number of benzene rings is 1. The molecule has 0 aliphatic heterocycles. The van der Waals surface area contributed by atoms with Crippen molar-refractivity contribution in [1.29, 1.82) is 0 Å². The number of carbonyl (C=O) groups is 5. The lowest BCUT2D eigenvalue weighted by Crippen LogP contribution is -2.49. The van der Waals surface area contributed by atoms with E-state index in [2.05, 4.69) is 36.7 Å². The van der Waals surface area contributed by atoms with Gasteiger partial charge in [0.15, 0.2) is 5.78 Å². The van der Waals surface area contributed by atoms with Gasteiger partial charge in [0.1, 0.15) is 6.04 Å². The lowest BCUT2D eigenvalue weighted by atomic mass is 9.87. The van der Waals surface area contributed by atoms with Gasteiger partial charge in [0, 0.05) is 24.4 Å².